The molecule has 2 nitrogen and oxygen atoms in total. The standard InChI is InChI=1S/C29H34F4O2/c1-3-18-5-9-20(10-6-18)22-14-15-24(29(33)27(22)31)23-13-12-21(26(30)28(23)32)11-7-19-8-16-25(34-4-2)35-17-19/h3,12-15,18-20,25H,1,4-11,16-17H2,2H3. The highest BCUT2D eigenvalue weighted by molar-refractivity contribution is 5.66. The Balaban J connectivity index is 1.45. The maximum atomic E-state index is 15.0. The van der Waals surface area contributed by atoms with Crippen LogP contribution in [0, 0.1) is 35.1 Å². The zero-order valence-corrected chi connectivity index (χ0v) is 20.3. The van der Waals surface area contributed by atoms with Gasteiger partial charge in [0.1, 0.15) is 0 Å². The van der Waals surface area contributed by atoms with E-state index in [2.05, 4.69) is 6.58 Å². The Bertz CT molecular complexity index is 1020. The third kappa shape index (κ3) is 5.80. The number of halogens is 4. The predicted molar refractivity (Wildman–Crippen MR) is 129 cm³/mol. The van der Waals surface area contributed by atoms with Gasteiger partial charge in [-0.2, -0.15) is 0 Å². The summed E-state index contributed by atoms with van der Waals surface area (Å²) in [4.78, 5) is 0. The van der Waals surface area contributed by atoms with Crippen LogP contribution in [0.2, 0.25) is 0 Å². The van der Waals surface area contributed by atoms with Gasteiger partial charge in [0.2, 0.25) is 0 Å². The summed E-state index contributed by atoms with van der Waals surface area (Å²) in [5.74, 6) is -3.65. The third-order valence-electron chi connectivity index (χ3n) is 7.61. The summed E-state index contributed by atoms with van der Waals surface area (Å²) < 4.78 is 71.0. The zero-order valence-electron chi connectivity index (χ0n) is 20.3. The molecule has 4 rings (SSSR count). The van der Waals surface area contributed by atoms with Crippen LogP contribution in [0.25, 0.3) is 11.1 Å². The minimum atomic E-state index is -1.14. The normalized spacial score (nSPS) is 24.9. The summed E-state index contributed by atoms with van der Waals surface area (Å²) >= 11 is 0. The van der Waals surface area contributed by atoms with Gasteiger partial charge in [-0.25, -0.2) is 17.6 Å². The van der Waals surface area contributed by atoms with Gasteiger partial charge >= 0.3 is 0 Å². The molecule has 0 aromatic heterocycles. The fourth-order valence-corrected chi connectivity index (χ4v) is 5.43. The first kappa shape index (κ1) is 25.9. The largest absolute Gasteiger partial charge is 0.353 e. The number of ether oxygens (including phenoxy) is 2. The van der Waals surface area contributed by atoms with E-state index in [4.69, 9.17) is 9.47 Å². The summed E-state index contributed by atoms with van der Waals surface area (Å²) in [7, 11) is 0. The molecule has 1 saturated heterocycles. The second-order valence-corrected chi connectivity index (χ2v) is 9.78. The first-order valence-electron chi connectivity index (χ1n) is 12.7. The van der Waals surface area contributed by atoms with Crippen molar-refractivity contribution in [3.05, 3.63) is 71.3 Å². The number of hydrogen-bond donors (Lipinski definition) is 0. The van der Waals surface area contributed by atoms with Gasteiger partial charge in [0.15, 0.2) is 29.6 Å². The van der Waals surface area contributed by atoms with E-state index in [-0.39, 0.29) is 34.8 Å². The summed E-state index contributed by atoms with van der Waals surface area (Å²) in [5.41, 5.74) is 0.0314. The van der Waals surface area contributed by atoms with Crippen molar-refractivity contribution in [1.29, 1.82) is 0 Å². The Morgan fingerprint density at radius 2 is 1.57 bits per heavy atom. The van der Waals surface area contributed by atoms with E-state index >= 15 is 4.39 Å². The van der Waals surface area contributed by atoms with E-state index in [9.17, 15) is 13.2 Å². The smallest absolute Gasteiger partial charge is 0.167 e. The molecule has 2 aromatic carbocycles. The van der Waals surface area contributed by atoms with Crippen molar-refractivity contribution in [1.82, 2.24) is 0 Å². The van der Waals surface area contributed by atoms with Gasteiger partial charge in [0, 0.05) is 17.7 Å². The molecule has 1 aliphatic carbocycles. The van der Waals surface area contributed by atoms with Crippen molar-refractivity contribution in [3.8, 4) is 11.1 Å². The van der Waals surface area contributed by atoms with Gasteiger partial charge in [-0.05, 0) is 87.2 Å². The second-order valence-electron chi connectivity index (χ2n) is 9.78. The molecule has 2 atom stereocenters. The van der Waals surface area contributed by atoms with Crippen LogP contribution >= 0.6 is 0 Å². The minimum absolute atomic E-state index is 0.0775. The lowest BCUT2D eigenvalue weighted by molar-refractivity contribution is -0.173. The summed E-state index contributed by atoms with van der Waals surface area (Å²) in [5, 5.41) is 0. The van der Waals surface area contributed by atoms with Crippen molar-refractivity contribution < 1.29 is 27.0 Å². The molecule has 2 fully saturated rings. The topological polar surface area (TPSA) is 18.5 Å². The molecule has 2 aliphatic rings. The number of benzene rings is 2. The average Bonchev–Trinajstić information content (AvgIpc) is 2.88. The number of rotatable bonds is 8. The Hall–Kier alpha value is -2.18. The summed E-state index contributed by atoms with van der Waals surface area (Å²) in [6, 6.07) is 5.72. The number of hydrogen-bond acceptors (Lipinski definition) is 2. The van der Waals surface area contributed by atoms with E-state index < -0.39 is 23.3 Å². The van der Waals surface area contributed by atoms with Gasteiger partial charge in [-0.1, -0.05) is 30.3 Å². The fourth-order valence-electron chi connectivity index (χ4n) is 5.43. The van der Waals surface area contributed by atoms with E-state index in [0.717, 1.165) is 38.5 Å². The maximum Gasteiger partial charge on any atom is 0.167 e. The van der Waals surface area contributed by atoms with Crippen molar-refractivity contribution in [3.63, 3.8) is 0 Å². The molecular formula is C29H34F4O2. The first-order chi connectivity index (χ1) is 16.9. The number of allylic oxidation sites excluding steroid dienone is 1. The van der Waals surface area contributed by atoms with Crippen LogP contribution in [-0.4, -0.2) is 19.5 Å². The molecule has 0 bridgehead atoms. The van der Waals surface area contributed by atoms with Crippen molar-refractivity contribution in [2.24, 2.45) is 11.8 Å². The Morgan fingerprint density at radius 3 is 2.20 bits per heavy atom. The fraction of sp³-hybridized carbons (Fsp3) is 0.517. The zero-order chi connectivity index (χ0) is 24.9. The minimum Gasteiger partial charge on any atom is -0.353 e. The van der Waals surface area contributed by atoms with Crippen molar-refractivity contribution in [2.45, 2.75) is 70.5 Å². The van der Waals surface area contributed by atoms with Gasteiger partial charge in [-0.15, -0.1) is 6.58 Å². The van der Waals surface area contributed by atoms with Gasteiger partial charge < -0.3 is 9.47 Å². The van der Waals surface area contributed by atoms with E-state index in [1.165, 1.54) is 24.3 Å². The quantitative estimate of drug-likeness (QED) is 0.275. The molecule has 1 saturated carbocycles. The predicted octanol–water partition coefficient (Wildman–Crippen LogP) is 8.09. The van der Waals surface area contributed by atoms with Crippen LogP contribution < -0.4 is 0 Å². The van der Waals surface area contributed by atoms with Crippen LogP contribution in [0.5, 0.6) is 0 Å². The lowest BCUT2D eigenvalue weighted by atomic mass is 9.78. The van der Waals surface area contributed by atoms with Crippen LogP contribution in [0.4, 0.5) is 17.6 Å². The molecule has 190 valence electrons. The highest BCUT2D eigenvalue weighted by atomic mass is 19.2. The van der Waals surface area contributed by atoms with Gasteiger partial charge in [-0.3, -0.25) is 0 Å². The van der Waals surface area contributed by atoms with Crippen LogP contribution in [0.3, 0.4) is 0 Å². The van der Waals surface area contributed by atoms with E-state index in [1.807, 2.05) is 13.0 Å². The molecule has 6 heteroatoms. The molecule has 2 unspecified atom stereocenters. The van der Waals surface area contributed by atoms with Gasteiger partial charge in [0.25, 0.3) is 0 Å². The Labute approximate surface area is 205 Å². The molecular weight excluding hydrogens is 456 g/mol. The molecule has 0 N–H and O–H groups in total. The Morgan fingerprint density at radius 1 is 0.886 bits per heavy atom. The van der Waals surface area contributed by atoms with E-state index in [1.54, 1.807) is 0 Å². The number of aryl methyl sites for hydroxylation is 1. The molecule has 2 aromatic rings. The van der Waals surface area contributed by atoms with Crippen LogP contribution in [0.15, 0.2) is 36.9 Å². The third-order valence-corrected chi connectivity index (χ3v) is 7.61. The first-order valence-corrected chi connectivity index (χ1v) is 12.7. The van der Waals surface area contributed by atoms with Crippen LogP contribution in [0.1, 0.15) is 68.9 Å². The SMILES string of the molecule is C=CC1CCC(c2ccc(-c3ccc(CCC4CCC(OCC)OC4)c(F)c3F)c(F)c2F)CC1. The van der Waals surface area contributed by atoms with E-state index in [0.29, 0.717) is 37.5 Å². The highest BCUT2D eigenvalue weighted by Gasteiger charge is 2.27. The average molecular weight is 491 g/mol. The Kier molecular flexibility index (Phi) is 8.66. The summed E-state index contributed by atoms with van der Waals surface area (Å²) in [6.07, 6.45) is 7.69. The molecule has 0 radical (unpaired) electrons. The lowest BCUT2D eigenvalue weighted by Crippen LogP contribution is -2.28. The maximum absolute atomic E-state index is 15.0. The summed E-state index contributed by atoms with van der Waals surface area (Å²) in [6.45, 7) is 6.85. The van der Waals surface area contributed by atoms with Crippen molar-refractivity contribution >= 4 is 0 Å². The molecule has 35 heavy (non-hydrogen) atoms. The molecule has 1 aliphatic heterocycles. The van der Waals surface area contributed by atoms with Crippen LogP contribution in [-0.2, 0) is 15.9 Å². The van der Waals surface area contributed by atoms with Crippen molar-refractivity contribution in [2.75, 3.05) is 13.2 Å². The molecule has 1 heterocycles. The van der Waals surface area contributed by atoms with Gasteiger partial charge in [0.05, 0.1) is 6.61 Å². The second kappa shape index (κ2) is 11.7. The lowest BCUT2D eigenvalue weighted by Gasteiger charge is -2.28. The molecule has 0 spiro atoms. The monoisotopic (exact) mass is 490 g/mol. The molecule has 0 amide bonds. The highest BCUT2D eigenvalue weighted by Crippen LogP contribution is 2.40.